The highest BCUT2D eigenvalue weighted by Crippen LogP contribution is 2.12. The van der Waals surface area contributed by atoms with Crippen molar-refractivity contribution in [3.63, 3.8) is 0 Å². The van der Waals surface area contributed by atoms with E-state index in [1.54, 1.807) is 0 Å². The number of ether oxygens (including phenoxy) is 1. The molecule has 0 heterocycles. The summed E-state index contributed by atoms with van der Waals surface area (Å²) in [4.78, 5) is 0. The van der Waals surface area contributed by atoms with Crippen LogP contribution in [0.25, 0.3) is 0 Å². The number of unbranched alkanes of at least 4 members (excludes halogenated alkanes) is 1. The largest absolute Gasteiger partial charge is 0.493 e. The molecule has 0 bridgehead atoms. The Morgan fingerprint density at radius 2 is 1.94 bits per heavy atom. The SMILES string of the molecule is CCCCS(=O)CCOc1ccc(CCN)cc1. The van der Waals surface area contributed by atoms with Gasteiger partial charge in [0.2, 0.25) is 0 Å². The normalized spacial score (nSPS) is 12.3. The van der Waals surface area contributed by atoms with Crippen LogP contribution in [0.3, 0.4) is 0 Å². The third-order valence-corrected chi connectivity index (χ3v) is 4.03. The minimum absolute atomic E-state index is 0.520. The van der Waals surface area contributed by atoms with Crippen molar-refractivity contribution in [3.8, 4) is 5.75 Å². The molecule has 0 aliphatic heterocycles. The first-order valence-corrected chi connectivity index (χ1v) is 8.02. The van der Waals surface area contributed by atoms with Crippen LogP contribution >= 0.6 is 0 Å². The van der Waals surface area contributed by atoms with Crippen LogP contribution in [0.1, 0.15) is 25.3 Å². The van der Waals surface area contributed by atoms with Gasteiger partial charge in [0.15, 0.2) is 0 Å². The van der Waals surface area contributed by atoms with Crippen LogP contribution in [0, 0.1) is 0 Å². The fourth-order valence-electron chi connectivity index (χ4n) is 1.58. The molecule has 0 saturated heterocycles. The third kappa shape index (κ3) is 6.17. The fourth-order valence-corrected chi connectivity index (χ4v) is 2.66. The van der Waals surface area contributed by atoms with Crippen molar-refractivity contribution in [3.05, 3.63) is 29.8 Å². The van der Waals surface area contributed by atoms with E-state index in [9.17, 15) is 4.21 Å². The molecule has 0 saturated carbocycles. The predicted octanol–water partition coefficient (Wildman–Crippen LogP) is 2.12. The summed E-state index contributed by atoms with van der Waals surface area (Å²) >= 11 is 0. The standard InChI is InChI=1S/C14H23NO2S/c1-2-3-11-18(16)12-10-17-14-6-4-13(5-7-14)8-9-15/h4-7H,2-3,8-12,15H2,1H3. The third-order valence-electron chi connectivity index (χ3n) is 2.66. The highest BCUT2D eigenvalue weighted by atomic mass is 32.2. The minimum Gasteiger partial charge on any atom is -0.493 e. The maximum Gasteiger partial charge on any atom is 0.119 e. The van der Waals surface area contributed by atoms with Crippen molar-refractivity contribution in [2.75, 3.05) is 24.7 Å². The van der Waals surface area contributed by atoms with Gasteiger partial charge in [0, 0.05) is 16.6 Å². The molecule has 0 aliphatic carbocycles. The quantitative estimate of drug-likeness (QED) is 0.747. The maximum atomic E-state index is 11.5. The fraction of sp³-hybridized carbons (Fsp3) is 0.571. The first kappa shape index (κ1) is 15.2. The molecule has 0 aromatic heterocycles. The van der Waals surface area contributed by atoms with Gasteiger partial charge in [-0.3, -0.25) is 4.21 Å². The first-order valence-electron chi connectivity index (χ1n) is 6.53. The van der Waals surface area contributed by atoms with Crippen molar-refractivity contribution in [1.29, 1.82) is 0 Å². The molecule has 4 heteroatoms. The van der Waals surface area contributed by atoms with Gasteiger partial charge in [-0.2, -0.15) is 0 Å². The molecular weight excluding hydrogens is 246 g/mol. The second-order valence-electron chi connectivity index (χ2n) is 4.23. The van der Waals surface area contributed by atoms with Crippen LogP contribution in [-0.4, -0.2) is 28.9 Å². The van der Waals surface area contributed by atoms with E-state index in [0.29, 0.717) is 18.9 Å². The summed E-state index contributed by atoms with van der Waals surface area (Å²) in [6, 6.07) is 7.94. The lowest BCUT2D eigenvalue weighted by Crippen LogP contribution is -2.11. The van der Waals surface area contributed by atoms with Gasteiger partial charge >= 0.3 is 0 Å². The van der Waals surface area contributed by atoms with Crippen LogP contribution in [0.2, 0.25) is 0 Å². The first-order chi connectivity index (χ1) is 8.76. The Bertz CT molecular complexity index is 351. The zero-order valence-electron chi connectivity index (χ0n) is 11.1. The smallest absolute Gasteiger partial charge is 0.119 e. The Morgan fingerprint density at radius 3 is 2.56 bits per heavy atom. The Morgan fingerprint density at radius 1 is 1.22 bits per heavy atom. The molecule has 1 aromatic rings. The van der Waals surface area contributed by atoms with Gasteiger partial charge in [-0.15, -0.1) is 0 Å². The highest BCUT2D eigenvalue weighted by Gasteiger charge is 2.00. The van der Waals surface area contributed by atoms with Crippen molar-refractivity contribution in [2.24, 2.45) is 5.73 Å². The molecule has 0 aliphatic rings. The lowest BCUT2D eigenvalue weighted by atomic mass is 10.1. The summed E-state index contributed by atoms with van der Waals surface area (Å²) in [5.74, 6) is 2.24. The highest BCUT2D eigenvalue weighted by molar-refractivity contribution is 7.84. The molecule has 2 N–H and O–H groups in total. The molecule has 0 spiro atoms. The van der Waals surface area contributed by atoms with Gasteiger partial charge in [0.25, 0.3) is 0 Å². The molecule has 0 radical (unpaired) electrons. The summed E-state index contributed by atoms with van der Waals surface area (Å²) in [5.41, 5.74) is 6.71. The van der Waals surface area contributed by atoms with E-state index in [2.05, 4.69) is 6.92 Å². The molecule has 1 aromatic carbocycles. The van der Waals surface area contributed by atoms with Gasteiger partial charge < -0.3 is 10.5 Å². The summed E-state index contributed by atoms with van der Waals surface area (Å²) in [7, 11) is -0.743. The zero-order chi connectivity index (χ0) is 13.2. The van der Waals surface area contributed by atoms with Gasteiger partial charge in [-0.05, 0) is 37.1 Å². The number of hydrogen-bond donors (Lipinski definition) is 1. The summed E-state index contributed by atoms with van der Waals surface area (Å²) in [6.07, 6.45) is 3.01. The molecule has 3 nitrogen and oxygen atoms in total. The van der Waals surface area contributed by atoms with Gasteiger partial charge in [-0.25, -0.2) is 0 Å². The molecule has 0 amide bonds. The number of benzene rings is 1. The van der Waals surface area contributed by atoms with Crippen LogP contribution < -0.4 is 10.5 Å². The van der Waals surface area contributed by atoms with Crippen molar-refractivity contribution < 1.29 is 8.95 Å². The van der Waals surface area contributed by atoms with E-state index in [-0.39, 0.29) is 0 Å². The molecule has 102 valence electrons. The molecular formula is C14H23NO2S. The minimum atomic E-state index is -0.743. The Labute approximate surface area is 112 Å². The second-order valence-corrected chi connectivity index (χ2v) is 5.93. The topological polar surface area (TPSA) is 52.3 Å². The Hall–Kier alpha value is -0.870. The van der Waals surface area contributed by atoms with E-state index >= 15 is 0 Å². The molecule has 18 heavy (non-hydrogen) atoms. The van der Waals surface area contributed by atoms with Gasteiger partial charge in [-0.1, -0.05) is 25.5 Å². The maximum absolute atomic E-state index is 11.5. The Balaban J connectivity index is 2.24. The van der Waals surface area contributed by atoms with Crippen LogP contribution in [-0.2, 0) is 17.2 Å². The monoisotopic (exact) mass is 269 g/mol. The van der Waals surface area contributed by atoms with Crippen LogP contribution in [0.5, 0.6) is 5.75 Å². The molecule has 1 atom stereocenters. The van der Waals surface area contributed by atoms with E-state index in [1.807, 2.05) is 24.3 Å². The van der Waals surface area contributed by atoms with Crippen molar-refractivity contribution in [1.82, 2.24) is 0 Å². The zero-order valence-corrected chi connectivity index (χ0v) is 11.9. The summed E-state index contributed by atoms with van der Waals surface area (Å²) in [6.45, 7) is 3.29. The number of rotatable bonds is 9. The van der Waals surface area contributed by atoms with Gasteiger partial charge in [0.1, 0.15) is 5.75 Å². The van der Waals surface area contributed by atoms with E-state index in [1.165, 1.54) is 5.56 Å². The molecule has 1 unspecified atom stereocenters. The molecule has 1 rings (SSSR count). The lowest BCUT2D eigenvalue weighted by molar-refractivity contribution is 0.342. The van der Waals surface area contributed by atoms with Crippen molar-refractivity contribution >= 4 is 10.8 Å². The summed E-state index contributed by atoms with van der Waals surface area (Å²) in [5, 5.41) is 0. The lowest BCUT2D eigenvalue weighted by Gasteiger charge is -2.07. The second kappa shape index (κ2) is 9.11. The average Bonchev–Trinajstić information content (AvgIpc) is 2.39. The number of hydrogen-bond acceptors (Lipinski definition) is 3. The summed E-state index contributed by atoms with van der Waals surface area (Å²) < 4.78 is 17.1. The Kier molecular flexibility index (Phi) is 7.69. The van der Waals surface area contributed by atoms with Crippen LogP contribution in [0.15, 0.2) is 24.3 Å². The van der Waals surface area contributed by atoms with E-state index < -0.39 is 10.8 Å². The van der Waals surface area contributed by atoms with E-state index in [4.69, 9.17) is 10.5 Å². The molecule has 0 fully saturated rings. The van der Waals surface area contributed by atoms with Crippen molar-refractivity contribution in [2.45, 2.75) is 26.2 Å². The number of nitrogens with two attached hydrogens (primary N) is 1. The predicted molar refractivity (Wildman–Crippen MR) is 77.5 cm³/mol. The van der Waals surface area contributed by atoms with E-state index in [0.717, 1.165) is 30.8 Å². The van der Waals surface area contributed by atoms with Gasteiger partial charge in [0.05, 0.1) is 12.4 Å². The average molecular weight is 269 g/mol. The van der Waals surface area contributed by atoms with Crippen LogP contribution in [0.4, 0.5) is 0 Å².